The van der Waals surface area contributed by atoms with Gasteiger partial charge in [-0.2, -0.15) is 0 Å². The number of carbonyl (C=O) groups is 2. The van der Waals surface area contributed by atoms with Gasteiger partial charge in [-0.05, 0) is 45.0 Å². The molecule has 160 valence electrons. The lowest BCUT2D eigenvalue weighted by Gasteiger charge is -2.51. The Morgan fingerprint density at radius 3 is 2.43 bits per heavy atom. The van der Waals surface area contributed by atoms with Crippen molar-refractivity contribution in [3.63, 3.8) is 0 Å². The van der Waals surface area contributed by atoms with E-state index in [0.717, 1.165) is 5.76 Å². The number of methoxy groups -OCH3 is 1. The molecule has 1 unspecified atom stereocenters. The van der Waals surface area contributed by atoms with Crippen LogP contribution in [-0.2, 0) is 28.2 Å². The molecule has 0 amide bonds. The lowest BCUT2D eigenvalue weighted by atomic mass is 9.64. The van der Waals surface area contributed by atoms with E-state index >= 15 is 0 Å². The van der Waals surface area contributed by atoms with Gasteiger partial charge in [0.05, 0.1) is 24.1 Å². The van der Waals surface area contributed by atoms with E-state index in [4.69, 9.17) is 18.6 Å². The third-order valence-electron chi connectivity index (χ3n) is 6.25. The molecule has 6 nitrogen and oxygen atoms in total. The van der Waals surface area contributed by atoms with Crippen LogP contribution in [0.25, 0.3) is 0 Å². The summed E-state index contributed by atoms with van der Waals surface area (Å²) in [5.41, 5.74) is -2.14. The van der Waals surface area contributed by atoms with Crippen LogP contribution < -0.4 is 0 Å². The summed E-state index contributed by atoms with van der Waals surface area (Å²) in [6.45, 7) is 16.5. The second kappa shape index (κ2) is 7.57. The van der Waals surface area contributed by atoms with E-state index in [-0.39, 0.29) is 23.8 Å². The minimum atomic E-state index is -2.09. The lowest BCUT2D eigenvalue weighted by Crippen LogP contribution is -2.65. The Kier molecular flexibility index (Phi) is 6.25. The number of carbonyl (C=O) groups excluding carboxylic acids is 2. The van der Waals surface area contributed by atoms with Gasteiger partial charge in [0.2, 0.25) is 8.32 Å². The monoisotopic (exact) mass is 412 g/mol. The van der Waals surface area contributed by atoms with E-state index < -0.39 is 37.5 Å². The molecule has 0 radical (unpaired) electrons. The SMILES string of the molecule is CCOC(=O)[C@]12C(=O)CC(C)(C)O[C@H]1CC(O[Si](C)(C)C(C)(C)C)=CC2OC. The minimum Gasteiger partial charge on any atom is -0.547 e. The van der Waals surface area contributed by atoms with Gasteiger partial charge in [-0.25, -0.2) is 0 Å². The second-order valence-corrected chi connectivity index (χ2v) is 14.6. The van der Waals surface area contributed by atoms with Gasteiger partial charge in [-0.15, -0.1) is 0 Å². The fourth-order valence-corrected chi connectivity index (χ4v) is 4.86. The zero-order chi connectivity index (χ0) is 21.5. The highest BCUT2D eigenvalue weighted by atomic mass is 28.4. The first-order valence-corrected chi connectivity index (χ1v) is 12.9. The van der Waals surface area contributed by atoms with Crippen LogP contribution in [0.2, 0.25) is 18.1 Å². The predicted octanol–water partition coefficient (Wildman–Crippen LogP) is 4.00. The minimum absolute atomic E-state index is 0.0224. The Morgan fingerprint density at radius 2 is 1.93 bits per heavy atom. The predicted molar refractivity (Wildman–Crippen MR) is 109 cm³/mol. The fraction of sp³-hybridized carbons (Fsp3) is 0.810. The number of rotatable bonds is 5. The number of hydrogen-bond donors (Lipinski definition) is 0. The Balaban J connectivity index is 2.52. The normalized spacial score (nSPS) is 30.3. The fourth-order valence-electron chi connectivity index (χ4n) is 3.75. The zero-order valence-corrected chi connectivity index (χ0v) is 19.8. The van der Waals surface area contributed by atoms with Gasteiger partial charge < -0.3 is 18.6 Å². The smallest absolute Gasteiger partial charge is 0.325 e. The van der Waals surface area contributed by atoms with Crippen LogP contribution >= 0.6 is 0 Å². The van der Waals surface area contributed by atoms with E-state index in [1.54, 1.807) is 13.0 Å². The Labute approximate surface area is 170 Å². The molecule has 0 aromatic heterocycles. The Bertz CT molecular complexity index is 660. The molecule has 28 heavy (non-hydrogen) atoms. The summed E-state index contributed by atoms with van der Waals surface area (Å²) in [5.74, 6) is -0.0366. The van der Waals surface area contributed by atoms with Crippen molar-refractivity contribution in [2.24, 2.45) is 5.41 Å². The molecule has 2 aliphatic rings. The van der Waals surface area contributed by atoms with Gasteiger partial charge in [0.15, 0.2) is 11.2 Å². The van der Waals surface area contributed by atoms with Crippen molar-refractivity contribution in [2.45, 2.75) is 90.3 Å². The van der Waals surface area contributed by atoms with Gasteiger partial charge in [0.25, 0.3) is 0 Å². The average Bonchev–Trinajstić information content (AvgIpc) is 2.51. The molecule has 2 rings (SSSR count). The maximum Gasteiger partial charge on any atom is 0.325 e. The standard InChI is InChI=1S/C21H36O6Si/c1-10-25-18(23)21-15(22)13-20(5,6)26-17(21)12-14(11-16(21)24-7)27-28(8,9)19(2,3)4/h11,16-17H,10,12-13H2,1-9H3/t16?,17-,21-/m0/s1. The summed E-state index contributed by atoms with van der Waals surface area (Å²) in [7, 11) is -0.590. The van der Waals surface area contributed by atoms with Crippen LogP contribution in [0.5, 0.6) is 0 Å². The van der Waals surface area contributed by atoms with Crippen molar-refractivity contribution in [2.75, 3.05) is 13.7 Å². The topological polar surface area (TPSA) is 71.1 Å². The van der Waals surface area contributed by atoms with Crippen molar-refractivity contribution >= 4 is 20.1 Å². The highest BCUT2D eigenvalue weighted by molar-refractivity contribution is 6.74. The molecule has 1 aliphatic carbocycles. The third kappa shape index (κ3) is 3.93. The Morgan fingerprint density at radius 1 is 1.32 bits per heavy atom. The van der Waals surface area contributed by atoms with Crippen LogP contribution in [0.3, 0.4) is 0 Å². The van der Waals surface area contributed by atoms with Crippen LogP contribution in [0.1, 0.15) is 54.4 Å². The number of esters is 1. The second-order valence-electron chi connectivity index (χ2n) is 9.91. The van der Waals surface area contributed by atoms with Crippen molar-refractivity contribution in [1.82, 2.24) is 0 Å². The number of fused-ring (bicyclic) bond motifs is 1. The van der Waals surface area contributed by atoms with Crippen LogP contribution in [0.4, 0.5) is 0 Å². The summed E-state index contributed by atoms with van der Waals surface area (Å²) in [6, 6.07) is 0. The zero-order valence-electron chi connectivity index (χ0n) is 18.8. The van der Waals surface area contributed by atoms with Crippen LogP contribution in [0, 0.1) is 5.41 Å². The Hall–Kier alpha value is -1.18. The van der Waals surface area contributed by atoms with E-state index in [9.17, 15) is 9.59 Å². The van der Waals surface area contributed by atoms with Crippen molar-refractivity contribution in [3.05, 3.63) is 11.8 Å². The molecular formula is C21H36O6Si. The number of ether oxygens (including phenoxy) is 3. The van der Waals surface area contributed by atoms with Crippen molar-refractivity contribution in [1.29, 1.82) is 0 Å². The van der Waals surface area contributed by atoms with Crippen molar-refractivity contribution < 1.29 is 28.2 Å². The number of ketones is 1. The summed E-state index contributed by atoms with van der Waals surface area (Å²) >= 11 is 0. The van der Waals surface area contributed by atoms with Crippen molar-refractivity contribution in [3.8, 4) is 0 Å². The molecular weight excluding hydrogens is 376 g/mol. The highest BCUT2D eigenvalue weighted by Gasteiger charge is 2.65. The summed E-state index contributed by atoms with van der Waals surface area (Å²) in [4.78, 5) is 26.3. The molecule has 0 bridgehead atoms. The first-order valence-electron chi connectivity index (χ1n) is 10.0. The quantitative estimate of drug-likeness (QED) is 0.386. The largest absolute Gasteiger partial charge is 0.547 e. The lowest BCUT2D eigenvalue weighted by molar-refractivity contribution is -0.215. The number of Topliss-reactive ketones (excluding diaryl/α,β-unsaturated/α-hetero) is 1. The molecule has 1 saturated heterocycles. The van der Waals surface area contributed by atoms with Crippen LogP contribution in [-0.4, -0.2) is 51.6 Å². The molecule has 0 N–H and O–H groups in total. The first-order chi connectivity index (χ1) is 12.7. The molecule has 0 aromatic carbocycles. The molecule has 0 saturated carbocycles. The molecule has 0 aromatic rings. The first kappa shape index (κ1) is 23.1. The van der Waals surface area contributed by atoms with Gasteiger partial charge >= 0.3 is 5.97 Å². The molecule has 1 heterocycles. The summed E-state index contributed by atoms with van der Waals surface area (Å²) in [6.07, 6.45) is 0.800. The van der Waals surface area contributed by atoms with Gasteiger partial charge in [0.1, 0.15) is 6.10 Å². The van der Waals surface area contributed by atoms with Gasteiger partial charge in [-0.3, -0.25) is 9.59 Å². The maximum absolute atomic E-state index is 13.3. The molecule has 0 spiro atoms. The van der Waals surface area contributed by atoms with Gasteiger partial charge in [-0.1, -0.05) is 20.8 Å². The number of hydrogen-bond acceptors (Lipinski definition) is 6. The summed E-state index contributed by atoms with van der Waals surface area (Å²) < 4.78 is 23.7. The summed E-state index contributed by atoms with van der Waals surface area (Å²) in [5, 5.41) is 0.0224. The van der Waals surface area contributed by atoms with E-state index in [2.05, 4.69) is 33.9 Å². The van der Waals surface area contributed by atoms with E-state index in [1.807, 2.05) is 13.8 Å². The van der Waals surface area contributed by atoms with E-state index in [0.29, 0.717) is 6.42 Å². The van der Waals surface area contributed by atoms with Crippen LogP contribution in [0.15, 0.2) is 11.8 Å². The molecule has 1 aliphatic heterocycles. The molecule has 3 atom stereocenters. The molecule has 1 fully saturated rings. The highest BCUT2D eigenvalue weighted by Crippen LogP contribution is 2.49. The van der Waals surface area contributed by atoms with E-state index in [1.165, 1.54) is 7.11 Å². The third-order valence-corrected chi connectivity index (χ3v) is 10.6. The average molecular weight is 413 g/mol. The van der Waals surface area contributed by atoms with Gasteiger partial charge in [0, 0.05) is 20.0 Å². The molecule has 7 heteroatoms. The maximum atomic E-state index is 13.3.